The second-order valence-corrected chi connectivity index (χ2v) is 4.83. The second kappa shape index (κ2) is 4.46. The fourth-order valence-electron chi connectivity index (χ4n) is 2.58. The molecule has 0 spiro atoms. The molecule has 20 heavy (non-hydrogen) atoms. The van der Waals surface area contributed by atoms with Gasteiger partial charge in [-0.05, 0) is 17.7 Å². The van der Waals surface area contributed by atoms with E-state index in [4.69, 9.17) is 4.98 Å². The zero-order valence-corrected chi connectivity index (χ0v) is 10.9. The summed E-state index contributed by atoms with van der Waals surface area (Å²) in [5.74, 6) is 0. The smallest absolute Gasteiger partial charge is 0.159 e. The Balaban J connectivity index is 1.95. The molecule has 4 aromatic rings. The number of para-hydroxylation sites is 2. The van der Waals surface area contributed by atoms with Crippen molar-refractivity contribution < 1.29 is 0 Å². The first-order valence-corrected chi connectivity index (χ1v) is 6.66. The first kappa shape index (κ1) is 11.2. The molecule has 4 rings (SSSR count). The standard InChI is InChI=1S/C17H13N3/c1-2-6-13(7-3-1)12-15-17-18-10-11-20(17)16-9-5-4-8-14(16)19-15/h1-11H,12H2. The second-order valence-electron chi connectivity index (χ2n) is 4.83. The molecule has 0 aliphatic rings. The molecule has 0 bridgehead atoms. The zero-order valence-electron chi connectivity index (χ0n) is 10.9. The van der Waals surface area contributed by atoms with Gasteiger partial charge in [0.05, 0.1) is 16.7 Å². The molecule has 2 aromatic carbocycles. The number of benzene rings is 2. The predicted octanol–water partition coefficient (Wildman–Crippen LogP) is 3.47. The van der Waals surface area contributed by atoms with Gasteiger partial charge in [0.2, 0.25) is 0 Å². The molecule has 0 amide bonds. The first-order valence-electron chi connectivity index (χ1n) is 6.66. The Kier molecular flexibility index (Phi) is 2.49. The monoisotopic (exact) mass is 259 g/mol. The van der Waals surface area contributed by atoms with Crippen LogP contribution in [0.5, 0.6) is 0 Å². The summed E-state index contributed by atoms with van der Waals surface area (Å²) in [6, 6.07) is 18.5. The molecule has 0 saturated carbocycles. The molecule has 2 aromatic heterocycles. The number of hydrogen-bond acceptors (Lipinski definition) is 2. The average Bonchev–Trinajstić information content (AvgIpc) is 2.98. The van der Waals surface area contributed by atoms with Crippen LogP contribution >= 0.6 is 0 Å². The van der Waals surface area contributed by atoms with Gasteiger partial charge in [0.15, 0.2) is 5.65 Å². The van der Waals surface area contributed by atoms with E-state index in [-0.39, 0.29) is 0 Å². The summed E-state index contributed by atoms with van der Waals surface area (Å²) in [7, 11) is 0. The summed E-state index contributed by atoms with van der Waals surface area (Å²) in [5.41, 5.74) is 5.30. The maximum Gasteiger partial charge on any atom is 0.159 e. The van der Waals surface area contributed by atoms with Crippen molar-refractivity contribution in [1.82, 2.24) is 14.4 Å². The Hall–Kier alpha value is -2.68. The Labute approximate surface area is 116 Å². The molecular formula is C17H13N3. The van der Waals surface area contributed by atoms with Gasteiger partial charge in [0, 0.05) is 18.8 Å². The van der Waals surface area contributed by atoms with E-state index in [9.17, 15) is 0 Å². The van der Waals surface area contributed by atoms with Gasteiger partial charge in [-0.15, -0.1) is 0 Å². The van der Waals surface area contributed by atoms with Crippen LogP contribution in [0.4, 0.5) is 0 Å². The van der Waals surface area contributed by atoms with Gasteiger partial charge in [0.1, 0.15) is 0 Å². The van der Waals surface area contributed by atoms with Crippen LogP contribution in [-0.2, 0) is 6.42 Å². The summed E-state index contributed by atoms with van der Waals surface area (Å²) in [6.07, 6.45) is 4.62. The third-order valence-corrected chi connectivity index (χ3v) is 3.51. The molecule has 0 saturated heterocycles. The molecule has 3 heteroatoms. The molecule has 0 atom stereocenters. The van der Waals surface area contributed by atoms with Gasteiger partial charge >= 0.3 is 0 Å². The van der Waals surface area contributed by atoms with E-state index in [1.165, 1.54) is 5.56 Å². The quantitative estimate of drug-likeness (QED) is 0.551. The van der Waals surface area contributed by atoms with Crippen LogP contribution in [0.2, 0.25) is 0 Å². The molecule has 0 radical (unpaired) electrons. The Bertz CT molecular complexity index is 878. The number of aromatic nitrogens is 3. The third kappa shape index (κ3) is 1.75. The highest BCUT2D eigenvalue weighted by Crippen LogP contribution is 2.19. The maximum atomic E-state index is 4.79. The van der Waals surface area contributed by atoms with Gasteiger partial charge in [-0.1, -0.05) is 42.5 Å². The highest BCUT2D eigenvalue weighted by Gasteiger charge is 2.09. The lowest BCUT2D eigenvalue weighted by Gasteiger charge is -2.07. The van der Waals surface area contributed by atoms with Crippen molar-refractivity contribution in [3.05, 3.63) is 78.2 Å². The zero-order chi connectivity index (χ0) is 13.4. The topological polar surface area (TPSA) is 30.2 Å². The van der Waals surface area contributed by atoms with Crippen molar-refractivity contribution in [3.8, 4) is 0 Å². The fourth-order valence-corrected chi connectivity index (χ4v) is 2.58. The van der Waals surface area contributed by atoms with Gasteiger partial charge in [-0.3, -0.25) is 4.40 Å². The van der Waals surface area contributed by atoms with E-state index < -0.39 is 0 Å². The van der Waals surface area contributed by atoms with E-state index >= 15 is 0 Å². The molecular weight excluding hydrogens is 246 g/mol. The van der Waals surface area contributed by atoms with E-state index in [1.54, 1.807) is 0 Å². The van der Waals surface area contributed by atoms with Crippen molar-refractivity contribution in [1.29, 1.82) is 0 Å². The Morgan fingerprint density at radius 3 is 2.60 bits per heavy atom. The molecule has 0 unspecified atom stereocenters. The van der Waals surface area contributed by atoms with Gasteiger partial charge in [0.25, 0.3) is 0 Å². The lowest BCUT2D eigenvalue weighted by atomic mass is 10.1. The minimum Gasteiger partial charge on any atom is -0.297 e. The number of imidazole rings is 1. The van der Waals surface area contributed by atoms with E-state index in [0.717, 1.165) is 28.8 Å². The van der Waals surface area contributed by atoms with Crippen molar-refractivity contribution in [2.45, 2.75) is 6.42 Å². The molecule has 3 nitrogen and oxygen atoms in total. The minimum absolute atomic E-state index is 0.798. The largest absolute Gasteiger partial charge is 0.297 e. The highest BCUT2D eigenvalue weighted by molar-refractivity contribution is 5.78. The average molecular weight is 259 g/mol. The van der Waals surface area contributed by atoms with Crippen molar-refractivity contribution in [2.75, 3.05) is 0 Å². The number of rotatable bonds is 2. The third-order valence-electron chi connectivity index (χ3n) is 3.51. The van der Waals surface area contributed by atoms with E-state index in [0.29, 0.717) is 0 Å². The molecule has 0 aliphatic carbocycles. The van der Waals surface area contributed by atoms with Crippen LogP contribution in [0.3, 0.4) is 0 Å². The highest BCUT2D eigenvalue weighted by atomic mass is 15.0. The van der Waals surface area contributed by atoms with Gasteiger partial charge in [-0.2, -0.15) is 0 Å². The van der Waals surface area contributed by atoms with Crippen LogP contribution in [0.25, 0.3) is 16.7 Å². The predicted molar refractivity (Wildman–Crippen MR) is 79.7 cm³/mol. The maximum absolute atomic E-state index is 4.79. The molecule has 0 fully saturated rings. The number of nitrogens with zero attached hydrogens (tertiary/aromatic N) is 3. The molecule has 2 heterocycles. The lowest BCUT2D eigenvalue weighted by molar-refractivity contribution is 1.06. The van der Waals surface area contributed by atoms with Crippen LogP contribution in [-0.4, -0.2) is 14.4 Å². The number of hydrogen-bond donors (Lipinski definition) is 0. The molecule has 96 valence electrons. The molecule has 0 N–H and O–H groups in total. The summed E-state index contributed by atoms with van der Waals surface area (Å²) >= 11 is 0. The van der Waals surface area contributed by atoms with Crippen LogP contribution in [0.1, 0.15) is 11.3 Å². The van der Waals surface area contributed by atoms with Crippen molar-refractivity contribution >= 4 is 16.7 Å². The summed E-state index contributed by atoms with van der Waals surface area (Å²) in [6.45, 7) is 0. The van der Waals surface area contributed by atoms with E-state index in [2.05, 4.69) is 39.7 Å². The SMILES string of the molecule is c1ccc(Cc2nc3ccccc3n3ccnc23)cc1. The first-order chi connectivity index (χ1) is 9.92. The fraction of sp³-hybridized carbons (Fsp3) is 0.0588. The summed E-state index contributed by atoms with van der Waals surface area (Å²) in [5, 5.41) is 0. The van der Waals surface area contributed by atoms with Crippen molar-refractivity contribution in [2.24, 2.45) is 0 Å². The van der Waals surface area contributed by atoms with Crippen LogP contribution in [0.15, 0.2) is 67.0 Å². The lowest BCUT2D eigenvalue weighted by Crippen LogP contribution is -2.00. The van der Waals surface area contributed by atoms with Crippen molar-refractivity contribution in [3.63, 3.8) is 0 Å². The Morgan fingerprint density at radius 2 is 1.70 bits per heavy atom. The van der Waals surface area contributed by atoms with Crippen LogP contribution < -0.4 is 0 Å². The van der Waals surface area contributed by atoms with Gasteiger partial charge < -0.3 is 0 Å². The van der Waals surface area contributed by atoms with E-state index in [1.807, 2.05) is 36.7 Å². The Morgan fingerprint density at radius 1 is 0.900 bits per heavy atom. The normalized spacial score (nSPS) is 11.2. The minimum atomic E-state index is 0.798. The van der Waals surface area contributed by atoms with Crippen LogP contribution in [0, 0.1) is 0 Å². The summed E-state index contributed by atoms with van der Waals surface area (Å²) < 4.78 is 2.11. The number of fused-ring (bicyclic) bond motifs is 3. The summed E-state index contributed by atoms with van der Waals surface area (Å²) in [4.78, 5) is 9.25. The van der Waals surface area contributed by atoms with Gasteiger partial charge in [-0.25, -0.2) is 9.97 Å². The molecule has 0 aliphatic heterocycles.